The van der Waals surface area contributed by atoms with Crippen molar-refractivity contribution in [3.63, 3.8) is 0 Å². The number of carboxylic acids is 1. The molecule has 23 heavy (non-hydrogen) atoms. The highest BCUT2D eigenvalue weighted by atomic mass is 79.9. The Balaban J connectivity index is 2.08. The minimum atomic E-state index is -0.725. The Morgan fingerprint density at radius 3 is 2.91 bits per heavy atom. The molecule has 2 unspecified atom stereocenters. The summed E-state index contributed by atoms with van der Waals surface area (Å²) in [5.41, 5.74) is 2.24. The second-order valence-corrected chi connectivity index (χ2v) is 8.36. The zero-order valence-corrected chi connectivity index (χ0v) is 15.3. The van der Waals surface area contributed by atoms with Gasteiger partial charge < -0.3 is 5.11 Å². The second kappa shape index (κ2) is 7.11. The summed E-state index contributed by atoms with van der Waals surface area (Å²) in [6.45, 7) is 2.84. The smallest absolute Gasteiger partial charge is 0.320 e. The minimum Gasteiger partial charge on any atom is -0.480 e. The zero-order chi connectivity index (χ0) is 16.4. The Hall–Kier alpha value is -1.24. The lowest BCUT2D eigenvalue weighted by Gasteiger charge is -2.39. The lowest BCUT2D eigenvalue weighted by molar-refractivity contribution is -0.145. The van der Waals surface area contributed by atoms with Crippen LogP contribution in [0.5, 0.6) is 0 Å². The molecule has 122 valence electrons. The van der Waals surface area contributed by atoms with E-state index in [9.17, 15) is 9.90 Å². The van der Waals surface area contributed by atoms with Gasteiger partial charge in [0, 0.05) is 17.3 Å². The van der Waals surface area contributed by atoms with Crippen LogP contribution in [0.4, 0.5) is 0 Å². The van der Waals surface area contributed by atoms with E-state index in [1.54, 1.807) is 17.5 Å². The number of halogens is 1. The Kier molecular flexibility index (Phi) is 5.14. The van der Waals surface area contributed by atoms with Crippen LogP contribution in [-0.2, 0) is 4.79 Å². The van der Waals surface area contributed by atoms with E-state index >= 15 is 0 Å². The number of thiophene rings is 1. The Labute approximate surface area is 148 Å². The van der Waals surface area contributed by atoms with Crippen molar-refractivity contribution in [1.29, 1.82) is 0 Å². The first-order valence-electron chi connectivity index (χ1n) is 7.72. The van der Waals surface area contributed by atoms with Crippen molar-refractivity contribution in [3.8, 4) is 0 Å². The fourth-order valence-corrected chi connectivity index (χ4v) is 4.85. The number of aromatic nitrogens is 1. The molecule has 0 aliphatic carbocycles. The van der Waals surface area contributed by atoms with Gasteiger partial charge in [0.2, 0.25) is 0 Å². The number of nitrogens with zero attached hydrogens (tertiary/aromatic N) is 2. The van der Waals surface area contributed by atoms with Gasteiger partial charge in [-0.25, -0.2) is 0 Å². The third kappa shape index (κ3) is 3.49. The molecule has 0 saturated carbocycles. The first kappa shape index (κ1) is 16.6. The number of aliphatic carboxylic acids is 1. The molecule has 1 saturated heterocycles. The maximum absolute atomic E-state index is 11.8. The van der Waals surface area contributed by atoms with Crippen molar-refractivity contribution in [3.05, 3.63) is 50.4 Å². The van der Waals surface area contributed by atoms with Crippen molar-refractivity contribution in [2.75, 3.05) is 6.54 Å². The first-order valence-corrected chi connectivity index (χ1v) is 9.33. The van der Waals surface area contributed by atoms with Crippen LogP contribution in [0.25, 0.3) is 0 Å². The summed E-state index contributed by atoms with van der Waals surface area (Å²) in [5, 5.41) is 9.67. The van der Waals surface area contributed by atoms with Gasteiger partial charge in [-0.15, -0.1) is 11.3 Å². The van der Waals surface area contributed by atoms with Gasteiger partial charge in [0.15, 0.2) is 0 Å². The predicted molar refractivity (Wildman–Crippen MR) is 94.8 cm³/mol. The van der Waals surface area contributed by atoms with Crippen LogP contribution in [0.2, 0.25) is 0 Å². The molecule has 4 nitrogen and oxygen atoms in total. The van der Waals surface area contributed by atoms with E-state index in [1.807, 2.05) is 25.3 Å². The number of rotatable bonds is 4. The summed E-state index contributed by atoms with van der Waals surface area (Å²) in [5.74, 6) is -0.725. The third-order valence-electron chi connectivity index (χ3n) is 4.38. The topological polar surface area (TPSA) is 53.4 Å². The third-order valence-corrected chi connectivity index (χ3v) is 6.06. The number of hydrogen-bond acceptors (Lipinski definition) is 4. The first-order chi connectivity index (χ1) is 11.1. The number of aryl methyl sites for hydroxylation is 1. The molecular formula is C17H19BrN2O2S. The standard InChI is InChI=1S/C17H19BrN2O2S/c1-11-10-19-8-7-12(11)16(14-5-6-15(18)23-14)20-9-3-2-4-13(20)17(21)22/h5-8,10,13,16H,2-4,9H2,1H3,(H,21,22). The monoisotopic (exact) mass is 394 g/mol. The Bertz CT molecular complexity index is 703. The lowest BCUT2D eigenvalue weighted by Crippen LogP contribution is -2.46. The molecule has 6 heteroatoms. The van der Waals surface area contributed by atoms with Crippen LogP contribution in [-0.4, -0.2) is 33.5 Å². The molecule has 0 radical (unpaired) electrons. The zero-order valence-electron chi connectivity index (χ0n) is 12.9. The van der Waals surface area contributed by atoms with E-state index in [1.165, 1.54) is 4.88 Å². The number of carbonyl (C=O) groups is 1. The van der Waals surface area contributed by atoms with Crippen molar-refractivity contribution in [2.24, 2.45) is 0 Å². The number of piperidine rings is 1. The highest BCUT2D eigenvalue weighted by Crippen LogP contribution is 2.39. The highest BCUT2D eigenvalue weighted by Gasteiger charge is 2.36. The molecule has 0 amide bonds. The predicted octanol–water partition coefficient (Wildman–Crippen LogP) is 4.24. The van der Waals surface area contributed by atoms with Gasteiger partial charge in [0.25, 0.3) is 0 Å². The Morgan fingerprint density at radius 2 is 2.26 bits per heavy atom. The minimum absolute atomic E-state index is 0.0318. The molecule has 2 aromatic rings. The van der Waals surface area contributed by atoms with E-state index in [0.717, 1.165) is 34.3 Å². The summed E-state index contributed by atoms with van der Waals surface area (Å²) in [4.78, 5) is 19.3. The average Bonchev–Trinajstić information content (AvgIpc) is 2.96. The fourth-order valence-electron chi connectivity index (χ4n) is 3.29. The molecule has 3 heterocycles. The fraction of sp³-hybridized carbons (Fsp3) is 0.412. The molecule has 3 rings (SSSR count). The summed E-state index contributed by atoms with van der Waals surface area (Å²) >= 11 is 5.20. The van der Waals surface area contributed by atoms with E-state index in [2.05, 4.69) is 31.9 Å². The molecule has 0 aromatic carbocycles. The lowest BCUT2D eigenvalue weighted by atomic mass is 9.94. The van der Waals surface area contributed by atoms with Gasteiger partial charge >= 0.3 is 5.97 Å². The molecule has 0 spiro atoms. The summed E-state index contributed by atoms with van der Waals surface area (Å²) in [7, 11) is 0. The van der Waals surface area contributed by atoms with Crippen molar-refractivity contribution in [2.45, 2.75) is 38.3 Å². The average molecular weight is 395 g/mol. The normalized spacial score (nSPS) is 20.3. The van der Waals surface area contributed by atoms with Crippen LogP contribution in [0.1, 0.15) is 41.3 Å². The number of pyridine rings is 1. The molecule has 2 atom stereocenters. The molecule has 1 fully saturated rings. The van der Waals surface area contributed by atoms with Gasteiger partial charge in [-0.2, -0.15) is 0 Å². The van der Waals surface area contributed by atoms with Crippen molar-refractivity contribution < 1.29 is 9.90 Å². The van der Waals surface area contributed by atoms with E-state index in [4.69, 9.17) is 0 Å². The molecule has 2 aromatic heterocycles. The SMILES string of the molecule is Cc1cnccc1C(c1ccc(Br)s1)N1CCCCC1C(=O)O. The van der Waals surface area contributed by atoms with Gasteiger partial charge in [0.1, 0.15) is 6.04 Å². The summed E-state index contributed by atoms with van der Waals surface area (Å²) in [6, 6.07) is 5.68. The highest BCUT2D eigenvalue weighted by molar-refractivity contribution is 9.11. The van der Waals surface area contributed by atoms with Gasteiger partial charge in [0.05, 0.1) is 9.83 Å². The molecule has 1 aliphatic heterocycles. The van der Waals surface area contributed by atoms with Crippen molar-refractivity contribution >= 4 is 33.2 Å². The number of hydrogen-bond donors (Lipinski definition) is 1. The number of likely N-dealkylation sites (tertiary alicyclic amines) is 1. The summed E-state index contributed by atoms with van der Waals surface area (Å²) < 4.78 is 1.06. The van der Waals surface area contributed by atoms with Crippen LogP contribution in [0.3, 0.4) is 0 Å². The van der Waals surface area contributed by atoms with Gasteiger partial charge in [-0.1, -0.05) is 6.42 Å². The number of carboxylic acid groups (broad SMARTS) is 1. The van der Waals surface area contributed by atoms with Gasteiger partial charge in [-0.3, -0.25) is 14.7 Å². The molecule has 1 aliphatic rings. The maximum Gasteiger partial charge on any atom is 0.320 e. The van der Waals surface area contributed by atoms with Crippen LogP contribution in [0.15, 0.2) is 34.4 Å². The second-order valence-electron chi connectivity index (χ2n) is 5.86. The largest absolute Gasteiger partial charge is 0.480 e. The molecular weight excluding hydrogens is 376 g/mol. The van der Waals surface area contributed by atoms with Crippen LogP contribution < -0.4 is 0 Å². The summed E-state index contributed by atoms with van der Waals surface area (Å²) in [6.07, 6.45) is 6.37. The quantitative estimate of drug-likeness (QED) is 0.841. The Morgan fingerprint density at radius 1 is 1.43 bits per heavy atom. The van der Waals surface area contributed by atoms with E-state index in [-0.39, 0.29) is 6.04 Å². The van der Waals surface area contributed by atoms with E-state index < -0.39 is 12.0 Å². The van der Waals surface area contributed by atoms with E-state index in [0.29, 0.717) is 6.42 Å². The maximum atomic E-state index is 11.8. The van der Waals surface area contributed by atoms with Crippen LogP contribution >= 0.6 is 27.3 Å². The van der Waals surface area contributed by atoms with Gasteiger partial charge in [-0.05, 0) is 71.6 Å². The van der Waals surface area contributed by atoms with Crippen LogP contribution in [0, 0.1) is 6.92 Å². The van der Waals surface area contributed by atoms with Crippen molar-refractivity contribution in [1.82, 2.24) is 9.88 Å². The molecule has 0 bridgehead atoms. The molecule has 1 N–H and O–H groups in total.